The second kappa shape index (κ2) is 6.91. The Hall–Kier alpha value is -2.60. The molecular formula is C16H15N5S. The van der Waals surface area contributed by atoms with Crippen molar-refractivity contribution in [3.63, 3.8) is 0 Å². The van der Waals surface area contributed by atoms with Crippen LogP contribution in [0, 0.1) is 0 Å². The van der Waals surface area contributed by atoms with Crippen molar-refractivity contribution in [3.8, 4) is 0 Å². The summed E-state index contributed by atoms with van der Waals surface area (Å²) in [4.78, 5) is 4.42. The van der Waals surface area contributed by atoms with Crippen molar-refractivity contribution >= 4 is 38.2 Å². The molecule has 110 valence electrons. The van der Waals surface area contributed by atoms with Gasteiger partial charge >= 0.3 is 0 Å². The number of amidine groups is 1. The average Bonchev–Trinajstić information content (AvgIpc) is 2.99. The third-order valence-electron chi connectivity index (χ3n) is 2.94. The van der Waals surface area contributed by atoms with Gasteiger partial charge in [0.15, 0.2) is 5.84 Å². The number of para-hydroxylation sites is 2. The van der Waals surface area contributed by atoms with Gasteiger partial charge in [-0.05, 0) is 24.3 Å². The maximum absolute atomic E-state index is 4.42. The van der Waals surface area contributed by atoms with Gasteiger partial charge in [-0.2, -0.15) is 5.10 Å². The molecule has 1 aromatic heterocycles. The highest BCUT2D eigenvalue weighted by atomic mass is 32.1. The zero-order chi connectivity index (χ0) is 15.2. The molecule has 5 nitrogen and oxygen atoms in total. The maximum Gasteiger partial charge on any atom is 0.231 e. The van der Waals surface area contributed by atoms with Gasteiger partial charge < -0.3 is 0 Å². The van der Waals surface area contributed by atoms with Crippen molar-refractivity contribution in [2.45, 2.75) is 13.3 Å². The molecule has 0 fully saturated rings. The predicted octanol–water partition coefficient (Wildman–Crippen LogP) is 5.22. The van der Waals surface area contributed by atoms with Crippen LogP contribution in [0.2, 0.25) is 0 Å². The van der Waals surface area contributed by atoms with Crippen LogP contribution < -0.4 is 5.43 Å². The molecule has 0 aliphatic rings. The fraction of sp³-hybridized carbons (Fsp3) is 0.125. The Morgan fingerprint density at radius 2 is 1.86 bits per heavy atom. The molecule has 3 aromatic rings. The van der Waals surface area contributed by atoms with E-state index in [1.165, 1.54) is 11.3 Å². The topological polar surface area (TPSA) is 62.0 Å². The summed E-state index contributed by atoms with van der Waals surface area (Å²) in [5.41, 5.74) is 4.84. The molecule has 2 aromatic carbocycles. The molecule has 1 N–H and O–H groups in total. The molecule has 0 aliphatic heterocycles. The summed E-state index contributed by atoms with van der Waals surface area (Å²) in [6.45, 7) is 1.99. The van der Waals surface area contributed by atoms with E-state index in [2.05, 4.69) is 25.7 Å². The first-order valence-electron chi connectivity index (χ1n) is 7.00. The van der Waals surface area contributed by atoms with Crippen molar-refractivity contribution in [2.24, 2.45) is 15.3 Å². The van der Waals surface area contributed by atoms with Crippen LogP contribution in [0.5, 0.6) is 0 Å². The summed E-state index contributed by atoms with van der Waals surface area (Å²) in [7, 11) is 0. The number of aromatic nitrogens is 1. The number of nitrogens with zero attached hydrogens (tertiary/aromatic N) is 4. The highest BCUT2D eigenvalue weighted by Crippen LogP contribution is 2.27. The van der Waals surface area contributed by atoms with E-state index < -0.39 is 0 Å². The van der Waals surface area contributed by atoms with Crippen molar-refractivity contribution < 1.29 is 0 Å². The van der Waals surface area contributed by atoms with Gasteiger partial charge in [0.05, 0.1) is 15.9 Å². The lowest BCUT2D eigenvalue weighted by molar-refractivity contribution is 1.13. The maximum atomic E-state index is 4.42. The number of hydrogen-bond acceptors (Lipinski definition) is 5. The van der Waals surface area contributed by atoms with E-state index in [1.54, 1.807) is 0 Å². The molecule has 0 saturated carbocycles. The largest absolute Gasteiger partial charge is 0.277 e. The molecule has 0 spiro atoms. The van der Waals surface area contributed by atoms with Gasteiger partial charge in [-0.1, -0.05) is 48.6 Å². The van der Waals surface area contributed by atoms with Gasteiger partial charge in [0.2, 0.25) is 5.13 Å². The van der Waals surface area contributed by atoms with Crippen LogP contribution in [0.15, 0.2) is 69.9 Å². The van der Waals surface area contributed by atoms with Gasteiger partial charge in [-0.25, -0.2) is 4.98 Å². The first-order valence-corrected chi connectivity index (χ1v) is 7.82. The molecule has 0 atom stereocenters. The van der Waals surface area contributed by atoms with Crippen LogP contribution in [0.4, 0.5) is 10.8 Å². The second-order valence-electron chi connectivity index (χ2n) is 4.52. The van der Waals surface area contributed by atoms with Crippen LogP contribution in [0.3, 0.4) is 0 Å². The molecule has 0 radical (unpaired) electrons. The summed E-state index contributed by atoms with van der Waals surface area (Å²) in [6, 6.07) is 17.7. The van der Waals surface area contributed by atoms with E-state index in [1.807, 2.05) is 61.5 Å². The standard InChI is InChI=1S/C16H15N5S/c1-2-15(19-18-12-8-4-3-5-9-12)20-21-16-17-13-10-6-7-11-14(13)22-16/h3-11,18H,2H2,1H3. The lowest BCUT2D eigenvalue weighted by Crippen LogP contribution is -1.96. The first kappa shape index (κ1) is 14.3. The van der Waals surface area contributed by atoms with Gasteiger partial charge in [-0.3, -0.25) is 5.43 Å². The van der Waals surface area contributed by atoms with Gasteiger partial charge in [0.1, 0.15) is 0 Å². The first-order chi connectivity index (χ1) is 10.8. The molecule has 22 heavy (non-hydrogen) atoms. The molecule has 0 aliphatic carbocycles. The minimum atomic E-state index is 0.628. The van der Waals surface area contributed by atoms with E-state index in [0.29, 0.717) is 17.4 Å². The average molecular weight is 309 g/mol. The lowest BCUT2D eigenvalue weighted by atomic mass is 10.3. The third-order valence-corrected chi connectivity index (χ3v) is 3.86. The predicted molar refractivity (Wildman–Crippen MR) is 91.9 cm³/mol. The number of benzene rings is 2. The molecule has 1 heterocycles. The van der Waals surface area contributed by atoms with Crippen LogP contribution in [-0.4, -0.2) is 10.8 Å². The second-order valence-corrected chi connectivity index (χ2v) is 5.53. The number of hydrogen-bond donors (Lipinski definition) is 1. The Balaban J connectivity index is 1.74. The Labute approximate surface area is 132 Å². The Morgan fingerprint density at radius 3 is 2.64 bits per heavy atom. The monoisotopic (exact) mass is 309 g/mol. The van der Waals surface area contributed by atoms with E-state index in [0.717, 1.165) is 15.9 Å². The minimum absolute atomic E-state index is 0.628. The lowest BCUT2D eigenvalue weighted by Gasteiger charge is -2.00. The number of hydrazone groups is 1. The number of nitrogens with one attached hydrogen (secondary N) is 1. The molecule has 6 heteroatoms. The summed E-state index contributed by atoms with van der Waals surface area (Å²) in [5.74, 6) is 0.628. The number of anilines is 1. The van der Waals surface area contributed by atoms with Crippen LogP contribution in [-0.2, 0) is 0 Å². The fourth-order valence-corrected chi connectivity index (χ4v) is 2.60. The number of fused-ring (bicyclic) bond motifs is 1. The Kier molecular flexibility index (Phi) is 4.50. The normalized spacial score (nSPS) is 12.1. The Morgan fingerprint density at radius 1 is 1.09 bits per heavy atom. The Bertz CT molecular complexity index is 775. The zero-order valence-corrected chi connectivity index (χ0v) is 12.9. The van der Waals surface area contributed by atoms with E-state index >= 15 is 0 Å². The summed E-state index contributed by atoms with van der Waals surface area (Å²) < 4.78 is 1.11. The van der Waals surface area contributed by atoms with E-state index in [9.17, 15) is 0 Å². The number of thiazole rings is 1. The molecular weight excluding hydrogens is 294 g/mol. The quantitative estimate of drug-likeness (QED) is 0.311. The van der Waals surface area contributed by atoms with Gasteiger partial charge in [-0.15, -0.1) is 10.2 Å². The zero-order valence-electron chi connectivity index (χ0n) is 12.1. The van der Waals surface area contributed by atoms with Crippen molar-refractivity contribution in [1.82, 2.24) is 4.98 Å². The van der Waals surface area contributed by atoms with Crippen molar-refractivity contribution in [2.75, 3.05) is 5.43 Å². The van der Waals surface area contributed by atoms with Crippen LogP contribution >= 0.6 is 11.3 Å². The molecule has 3 rings (SSSR count). The van der Waals surface area contributed by atoms with Crippen molar-refractivity contribution in [3.05, 3.63) is 54.6 Å². The smallest absolute Gasteiger partial charge is 0.231 e. The van der Waals surface area contributed by atoms with Gasteiger partial charge in [0.25, 0.3) is 0 Å². The minimum Gasteiger partial charge on any atom is -0.277 e. The SMILES string of the molecule is CCC(N=Nc1nc2ccccc2s1)=NNc1ccccc1. The van der Waals surface area contributed by atoms with Crippen LogP contribution in [0.25, 0.3) is 10.2 Å². The fourth-order valence-electron chi connectivity index (χ4n) is 1.82. The number of azo groups is 1. The molecule has 0 saturated heterocycles. The molecule has 0 unspecified atom stereocenters. The van der Waals surface area contributed by atoms with E-state index in [4.69, 9.17) is 0 Å². The van der Waals surface area contributed by atoms with Crippen molar-refractivity contribution in [1.29, 1.82) is 0 Å². The van der Waals surface area contributed by atoms with Gasteiger partial charge in [0, 0.05) is 6.42 Å². The summed E-state index contributed by atoms with van der Waals surface area (Å²) in [6.07, 6.45) is 0.689. The highest BCUT2D eigenvalue weighted by molar-refractivity contribution is 7.21. The number of rotatable bonds is 4. The third kappa shape index (κ3) is 3.53. The summed E-state index contributed by atoms with van der Waals surface area (Å²) >= 11 is 1.52. The molecule has 0 amide bonds. The highest BCUT2D eigenvalue weighted by Gasteiger charge is 2.02. The summed E-state index contributed by atoms with van der Waals surface area (Å²) in [5, 5.41) is 13.3. The van der Waals surface area contributed by atoms with Crippen LogP contribution in [0.1, 0.15) is 13.3 Å². The van der Waals surface area contributed by atoms with E-state index in [-0.39, 0.29) is 0 Å². The molecule has 0 bridgehead atoms.